The fourth-order valence-electron chi connectivity index (χ4n) is 1.69. The van der Waals surface area contributed by atoms with Crippen LogP contribution in [-0.2, 0) is 12.4 Å². The van der Waals surface area contributed by atoms with Gasteiger partial charge in [0.15, 0.2) is 0 Å². The Morgan fingerprint density at radius 3 is 2.44 bits per heavy atom. The summed E-state index contributed by atoms with van der Waals surface area (Å²) in [7, 11) is 1.80. The fraction of sp³-hybridized carbons (Fsp3) is 0.154. The molecule has 1 heterocycles. The molecule has 0 saturated carbocycles. The molecule has 0 spiro atoms. The van der Waals surface area contributed by atoms with E-state index >= 15 is 0 Å². The zero-order valence-electron chi connectivity index (χ0n) is 8.98. The van der Waals surface area contributed by atoms with E-state index in [4.69, 9.17) is 0 Å². The van der Waals surface area contributed by atoms with Gasteiger partial charge in [0.2, 0.25) is 0 Å². The normalized spacial score (nSPS) is 10.4. The summed E-state index contributed by atoms with van der Waals surface area (Å²) in [6.45, 7) is 0. The van der Waals surface area contributed by atoms with Gasteiger partial charge in [0.25, 0.3) is 5.56 Å². The van der Waals surface area contributed by atoms with Crippen molar-refractivity contribution in [2.45, 2.75) is 5.33 Å². The molecule has 0 bridgehead atoms. The quantitative estimate of drug-likeness (QED) is 0.774. The van der Waals surface area contributed by atoms with Crippen molar-refractivity contribution in [3.8, 4) is 11.3 Å². The molecule has 3 heteroatoms. The SMILES string of the molecule is Cn1c(-c2ccccc2)ccc(CBr)c1=O. The van der Waals surface area contributed by atoms with Gasteiger partial charge in [-0.2, -0.15) is 0 Å². The van der Waals surface area contributed by atoms with Crippen molar-refractivity contribution in [3.05, 3.63) is 58.4 Å². The van der Waals surface area contributed by atoms with Gasteiger partial charge in [0.05, 0.1) is 5.69 Å². The van der Waals surface area contributed by atoms with E-state index in [-0.39, 0.29) is 5.56 Å². The molecule has 2 nitrogen and oxygen atoms in total. The maximum absolute atomic E-state index is 11.9. The van der Waals surface area contributed by atoms with Crippen LogP contribution in [0.1, 0.15) is 5.56 Å². The van der Waals surface area contributed by atoms with Crippen LogP contribution in [0.25, 0.3) is 11.3 Å². The number of hydrogen-bond donors (Lipinski definition) is 0. The third-order valence-corrected chi connectivity index (χ3v) is 3.20. The number of benzene rings is 1. The molecule has 0 unspecified atom stereocenters. The summed E-state index contributed by atoms with van der Waals surface area (Å²) < 4.78 is 1.69. The lowest BCUT2D eigenvalue weighted by atomic mass is 10.1. The van der Waals surface area contributed by atoms with E-state index in [0.717, 1.165) is 16.8 Å². The lowest BCUT2D eigenvalue weighted by Gasteiger charge is -2.09. The minimum atomic E-state index is 0.0539. The molecule has 0 radical (unpaired) electrons. The topological polar surface area (TPSA) is 22.0 Å². The van der Waals surface area contributed by atoms with Crippen molar-refractivity contribution in [1.82, 2.24) is 4.57 Å². The van der Waals surface area contributed by atoms with Gasteiger partial charge < -0.3 is 4.57 Å². The number of hydrogen-bond acceptors (Lipinski definition) is 1. The minimum Gasteiger partial charge on any atom is -0.311 e. The second kappa shape index (κ2) is 4.66. The Kier molecular flexibility index (Phi) is 3.25. The first kappa shape index (κ1) is 11.1. The fourth-order valence-corrected chi connectivity index (χ4v) is 2.11. The van der Waals surface area contributed by atoms with Crippen molar-refractivity contribution in [3.63, 3.8) is 0 Å². The second-order valence-corrected chi connectivity index (χ2v) is 4.17. The van der Waals surface area contributed by atoms with Crippen LogP contribution in [0.3, 0.4) is 0 Å². The molecular formula is C13H12BrNO. The second-order valence-electron chi connectivity index (χ2n) is 3.61. The molecule has 0 amide bonds. The maximum Gasteiger partial charge on any atom is 0.254 e. The first-order valence-corrected chi connectivity index (χ1v) is 6.16. The molecule has 0 atom stereocenters. The zero-order chi connectivity index (χ0) is 11.5. The molecule has 2 rings (SSSR count). The molecule has 1 aromatic carbocycles. The van der Waals surface area contributed by atoms with Crippen LogP contribution < -0.4 is 5.56 Å². The summed E-state index contributed by atoms with van der Waals surface area (Å²) in [5.41, 5.74) is 2.83. The largest absolute Gasteiger partial charge is 0.311 e. The number of halogens is 1. The monoisotopic (exact) mass is 277 g/mol. The summed E-state index contributed by atoms with van der Waals surface area (Å²) in [6, 6.07) is 13.8. The van der Waals surface area contributed by atoms with E-state index in [0.29, 0.717) is 5.33 Å². The third-order valence-electron chi connectivity index (χ3n) is 2.60. The van der Waals surface area contributed by atoms with Gasteiger partial charge in [-0.3, -0.25) is 4.79 Å². The summed E-state index contributed by atoms with van der Waals surface area (Å²) in [5.74, 6) is 0. The molecule has 0 aliphatic heterocycles. The summed E-state index contributed by atoms with van der Waals surface area (Å²) in [4.78, 5) is 11.9. The predicted molar refractivity (Wildman–Crippen MR) is 69.8 cm³/mol. The van der Waals surface area contributed by atoms with Crippen LogP contribution in [0.2, 0.25) is 0 Å². The zero-order valence-corrected chi connectivity index (χ0v) is 10.6. The smallest absolute Gasteiger partial charge is 0.254 e. The molecule has 0 aliphatic carbocycles. The first-order valence-electron chi connectivity index (χ1n) is 5.04. The molecule has 16 heavy (non-hydrogen) atoms. The van der Waals surface area contributed by atoms with Crippen LogP contribution in [0, 0.1) is 0 Å². The Labute approximate surface area is 103 Å². The molecule has 0 N–H and O–H groups in total. The highest BCUT2D eigenvalue weighted by molar-refractivity contribution is 9.08. The standard InChI is InChI=1S/C13H12BrNO/c1-15-12(10-5-3-2-4-6-10)8-7-11(9-14)13(15)16/h2-8H,9H2,1H3. The van der Waals surface area contributed by atoms with E-state index in [1.54, 1.807) is 11.6 Å². The highest BCUT2D eigenvalue weighted by atomic mass is 79.9. The Hall–Kier alpha value is -1.35. The highest BCUT2D eigenvalue weighted by Crippen LogP contribution is 2.17. The number of aromatic nitrogens is 1. The number of alkyl halides is 1. The average molecular weight is 278 g/mol. The van der Waals surface area contributed by atoms with Crippen molar-refractivity contribution in [2.24, 2.45) is 7.05 Å². The Morgan fingerprint density at radius 2 is 1.81 bits per heavy atom. The first-order chi connectivity index (χ1) is 7.74. The van der Waals surface area contributed by atoms with Crippen molar-refractivity contribution in [2.75, 3.05) is 0 Å². The van der Waals surface area contributed by atoms with Gasteiger partial charge in [0.1, 0.15) is 0 Å². The van der Waals surface area contributed by atoms with Crippen molar-refractivity contribution in [1.29, 1.82) is 0 Å². The van der Waals surface area contributed by atoms with Crippen molar-refractivity contribution < 1.29 is 0 Å². The average Bonchev–Trinajstić information content (AvgIpc) is 2.34. The molecule has 0 aliphatic rings. The molecular weight excluding hydrogens is 266 g/mol. The highest BCUT2D eigenvalue weighted by Gasteiger charge is 2.05. The third kappa shape index (κ3) is 1.95. The maximum atomic E-state index is 11.9. The Morgan fingerprint density at radius 1 is 1.12 bits per heavy atom. The van der Waals surface area contributed by atoms with Gasteiger partial charge >= 0.3 is 0 Å². The lowest BCUT2D eigenvalue weighted by molar-refractivity contribution is 0.857. The van der Waals surface area contributed by atoms with Crippen LogP contribution in [0.4, 0.5) is 0 Å². The van der Waals surface area contributed by atoms with Gasteiger partial charge in [-0.1, -0.05) is 52.3 Å². The van der Waals surface area contributed by atoms with Crippen LogP contribution >= 0.6 is 15.9 Å². The van der Waals surface area contributed by atoms with Crippen LogP contribution in [0.15, 0.2) is 47.3 Å². The summed E-state index contributed by atoms with van der Waals surface area (Å²) in [6.07, 6.45) is 0. The molecule has 2 aromatic rings. The summed E-state index contributed by atoms with van der Waals surface area (Å²) in [5, 5.41) is 0.592. The Bertz CT molecular complexity index is 546. The van der Waals surface area contributed by atoms with Gasteiger partial charge in [0, 0.05) is 17.9 Å². The van der Waals surface area contributed by atoms with Crippen LogP contribution in [-0.4, -0.2) is 4.57 Å². The molecule has 1 aromatic heterocycles. The Balaban J connectivity index is 2.61. The van der Waals surface area contributed by atoms with Crippen LogP contribution in [0.5, 0.6) is 0 Å². The number of nitrogens with zero attached hydrogens (tertiary/aromatic N) is 1. The molecule has 82 valence electrons. The van der Waals surface area contributed by atoms with E-state index < -0.39 is 0 Å². The van der Waals surface area contributed by atoms with E-state index in [1.807, 2.05) is 42.5 Å². The van der Waals surface area contributed by atoms with Gasteiger partial charge in [-0.05, 0) is 11.6 Å². The minimum absolute atomic E-state index is 0.0539. The van der Waals surface area contributed by atoms with Crippen molar-refractivity contribution >= 4 is 15.9 Å². The number of pyridine rings is 1. The summed E-state index contributed by atoms with van der Waals surface area (Å²) >= 11 is 3.31. The number of rotatable bonds is 2. The molecule has 0 fully saturated rings. The van der Waals surface area contributed by atoms with Gasteiger partial charge in [-0.15, -0.1) is 0 Å². The predicted octanol–water partition coefficient (Wildman–Crippen LogP) is 2.95. The van der Waals surface area contributed by atoms with E-state index in [9.17, 15) is 4.79 Å². The van der Waals surface area contributed by atoms with E-state index in [2.05, 4.69) is 15.9 Å². The lowest BCUT2D eigenvalue weighted by Crippen LogP contribution is -2.21. The van der Waals surface area contributed by atoms with E-state index in [1.165, 1.54) is 0 Å². The molecule has 0 saturated heterocycles. The van der Waals surface area contributed by atoms with Gasteiger partial charge in [-0.25, -0.2) is 0 Å².